The van der Waals surface area contributed by atoms with Gasteiger partial charge in [-0.05, 0) is 55.7 Å². The molecule has 32 nitrogen and oxygen atoms in total. The molecule has 0 bridgehead atoms. The van der Waals surface area contributed by atoms with Gasteiger partial charge in [-0.3, -0.25) is 38.4 Å². The zero-order chi connectivity index (χ0) is 71.4. The summed E-state index contributed by atoms with van der Waals surface area (Å²) in [5.41, 5.74) is 5.32. The van der Waals surface area contributed by atoms with Crippen molar-refractivity contribution in [3.05, 3.63) is 29.8 Å². The van der Waals surface area contributed by atoms with Crippen molar-refractivity contribution in [3.63, 3.8) is 0 Å². The maximum atomic E-state index is 14.8. The number of phenolic OH excluding ortho intramolecular Hbond substituents is 1. The van der Waals surface area contributed by atoms with Gasteiger partial charge in [-0.15, -0.1) is 0 Å². The van der Waals surface area contributed by atoms with Crippen LogP contribution in [0.4, 0.5) is 0 Å². The number of nitrogens with one attached hydrogen (secondary N) is 5. The second-order valence-corrected chi connectivity index (χ2v) is 25.1. The molecular formula is C65H110N8O24. The number of fused-ring (bicyclic) bond motifs is 2. The second kappa shape index (κ2) is 45.8. The molecule has 32 heteroatoms. The summed E-state index contributed by atoms with van der Waals surface area (Å²) in [6.07, 6.45) is -9.84. The van der Waals surface area contributed by atoms with Crippen LogP contribution in [0.3, 0.4) is 0 Å². The number of unbranched alkanes of at least 4 members (excludes halogenated alkanes) is 5. The number of phenols is 1. The van der Waals surface area contributed by atoms with Crippen molar-refractivity contribution in [1.82, 2.24) is 36.4 Å². The summed E-state index contributed by atoms with van der Waals surface area (Å²) in [4.78, 5) is 116. The molecule has 0 aromatic heterocycles. The number of nitrogens with two attached hydrogens (primary N) is 1. The molecule has 3 aliphatic rings. The van der Waals surface area contributed by atoms with Gasteiger partial charge in [-0.25, -0.2) is 0 Å². The monoisotopic (exact) mass is 1390 g/mol. The highest BCUT2D eigenvalue weighted by Gasteiger charge is 2.49. The van der Waals surface area contributed by atoms with E-state index in [-0.39, 0.29) is 63.8 Å². The zero-order valence-corrected chi connectivity index (χ0v) is 56.8. The number of nitrogens with zero attached hydrogens (tertiary/aromatic N) is 2. The number of benzene rings is 1. The molecule has 16 atom stereocenters. The zero-order valence-electron chi connectivity index (χ0n) is 56.8. The number of primary amides is 1. The highest BCUT2D eigenvalue weighted by Crippen LogP contribution is 2.27. The second-order valence-electron chi connectivity index (χ2n) is 25.1. The number of amides is 8. The lowest BCUT2D eigenvalue weighted by Crippen LogP contribution is -2.64. The highest BCUT2D eigenvalue weighted by molar-refractivity contribution is 5.98. The average Bonchev–Trinajstić information content (AvgIpc) is 1.73. The lowest BCUT2D eigenvalue weighted by molar-refractivity contribution is -0.150. The fourth-order valence-corrected chi connectivity index (χ4v) is 11.5. The molecular weight excluding hydrogens is 1280 g/mol. The van der Waals surface area contributed by atoms with E-state index in [9.17, 15) is 79.2 Å². The van der Waals surface area contributed by atoms with Gasteiger partial charge in [0.25, 0.3) is 0 Å². The quantitative estimate of drug-likeness (QED) is 0.0299. The predicted molar refractivity (Wildman–Crippen MR) is 346 cm³/mol. The van der Waals surface area contributed by atoms with Crippen LogP contribution in [-0.4, -0.2) is 290 Å². The lowest BCUT2D eigenvalue weighted by Gasteiger charge is -2.34. The van der Waals surface area contributed by atoms with Gasteiger partial charge in [0, 0.05) is 39.5 Å². The van der Waals surface area contributed by atoms with Crippen molar-refractivity contribution in [2.45, 2.75) is 203 Å². The fraction of sp³-hybridized carbons (Fsp3) is 0.785. The van der Waals surface area contributed by atoms with Gasteiger partial charge in [0.05, 0.1) is 123 Å². The van der Waals surface area contributed by atoms with Crippen LogP contribution in [0.15, 0.2) is 24.3 Å². The Morgan fingerprint density at radius 3 is 1.70 bits per heavy atom. The molecule has 3 saturated heterocycles. The number of carbonyl (C=O) groups is 8. The molecule has 1 aromatic rings. The predicted octanol–water partition coefficient (Wildman–Crippen LogP) is -2.57. The minimum Gasteiger partial charge on any atom is -0.508 e. The van der Waals surface area contributed by atoms with E-state index in [0.717, 1.165) is 67.4 Å². The maximum Gasteiger partial charge on any atom is 0.248 e. The Kier molecular flexibility index (Phi) is 39.4. The number of rotatable bonds is 42. The van der Waals surface area contributed by atoms with Crippen LogP contribution in [0.1, 0.15) is 129 Å². The molecule has 97 heavy (non-hydrogen) atoms. The van der Waals surface area contributed by atoms with Crippen LogP contribution < -0.4 is 32.3 Å². The molecule has 4 rings (SSSR count). The number of aliphatic hydroxyl groups is 7. The van der Waals surface area contributed by atoms with Gasteiger partial charge in [-0.2, -0.15) is 0 Å². The molecule has 3 heterocycles. The van der Waals surface area contributed by atoms with E-state index < -0.39 is 165 Å². The van der Waals surface area contributed by atoms with Crippen molar-refractivity contribution in [2.75, 3.05) is 113 Å². The summed E-state index contributed by atoms with van der Waals surface area (Å²) >= 11 is 0. The Morgan fingerprint density at radius 1 is 0.619 bits per heavy atom. The van der Waals surface area contributed by atoms with Crippen molar-refractivity contribution in [1.29, 1.82) is 0 Å². The van der Waals surface area contributed by atoms with Crippen LogP contribution in [0.5, 0.6) is 5.75 Å². The van der Waals surface area contributed by atoms with Gasteiger partial charge in [-0.1, -0.05) is 77.8 Å². The van der Waals surface area contributed by atoms with Crippen molar-refractivity contribution < 1.29 is 117 Å². The van der Waals surface area contributed by atoms with Crippen LogP contribution in [0.25, 0.3) is 0 Å². The number of ether oxygens (including phenoxy) is 8. The molecule has 0 radical (unpaired) electrons. The number of carbonyl (C=O) groups excluding carboxylic acids is 8. The normalized spacial score (nSPS) is 25.2. The third kappa shape index (κ3) is 29.9. The van der Waals surface area contributed by atoms with Crippen LogP contribution in [0, 0.1) is 11.8 Å². The van der Waals surface area contributed by atoms with E-state index in [4.69, 9.17) is 43.6 Å². The Labute approximate surface area is 567 Å². The summed E-state index contributed by atoms with van der Waals surface area (Å²) in [5.74, 6) is -8.49. The third-order valence-electron chi connectivity index (χ3n) is 17.1. The summed E-state index contributed by atoms with van der Waals surface area (Å²) in [5, 5.41) is 103. The number of hydrogen-bond donors (Lipinski definition) is 14. The summed E-state index contributed by atoms with van der Waals surface area (Å²) in [7, 11) is 1.59. The summed E-state index contributed by atoms with van der Waals surface area (Å²) < 4.78 is 44.0. The number of aromatic hydroxyl groups is 1. The molecule has 15 N–H and O–H groups in total. The van der Waals surface area contributed by atoms with Crippen LogP contribution in [0.2, 0.25) is 0 Å². The van der Waals surface area contributed by atoms with Crippen LogP contribution in [-0.2, 0) is 76.3 Å². The number of aliphatic hydroxyl groups excluding tert-OH is 7. The Morgan fingerprint density at radius 2 is 1.14 bits per heavy atom. The van der Waals surface area contributed by atoms with E-state index in [2.05, 4.69) is 47.4 Å². The van der Waals surface area contributed by atoms with Gasteiger partial charge < -0.3 is 121 Å². The van der Waals surface area contributed by atoms with E-state index in [0.29, 0.717) is 77.5 Å². The summed E-state index contributed by atoms with van der Waals surface area (Å²) in [6, 6.07) is -7.44. The fourth-order valence-electron chi connectivity index (χ4n) is 11.5. The average molecular weight is 1390 g/mol. The SMILES string of the molecule is CCC(C)CC(C)CCCCCCCCC(=O)N[C@H]1C[C@@H](O)[C@@H](OCCOCCOCCOCCOCCOCCOCCOC)NC(=O)C2[C@@H](O)CCN2C(=O)C([C@H](O)CC(N)=O)NC(=O)C([C@H](O)[C@@H](O)c2ccc(O)cc2)NC(=O)C2C[C@@H](O)CN2C(=O)C([C@@H](C)O)NC1=O. The van der Waals surface area contributed by atoms with Gasteiger partial charge >= 0.3 is 0 Å². The molecule has 0 aliphatic carbocycles. The van der Waals surface area contributed by atoms with Crippen molar-refractivity contribution >= 4 is 47.3 Å². The van der Waals surface area contributed by atoms with Crippen molar-refractivity contribution in [3.8, 4) is 5.75 Å². The maximum absolute atomic E-state index is 14.8. The van der Waals surface area contributed by atoms with Gasteiger partial charge in [0.15, 0.2) is 6.23 Å². The van der Waals surface area contributed by atoms with Crippen LogP contribution >= 0.6 is 0 Å². The molecule has 0 spiro atoms. The number of hydrogen-bond acceptors (Lipinski definition) is 24. The molecule has 3 fully saturated rings. The molecule has 0 saturated carbocycles. The number of methoxy groups -OCH3 is 1. The van der Waals surface area contributed by atoms with E-state index in [1.807, 2.05) is 0 Å². The first-order chi connectivity index (χ1) is 46.4. The first kappa shape index (κ1) is 83.6. The third-order valence-corrected chi connectivity index (χ3v) is 17.1. The minimum atomic E-state index is -2.38. The lowest BCUT2D eigenvalue weighted by atomic mass is 9.91. The largest absolute Gasteiger partial charge is 0.508 e. The van der Waals surface area contributed by atoms with E-state index >= 15 is 0 Å². The Hall–Kier alpha value is -5.82. The minimum absolute atomic E-state index is 0.0312. The smallest absolute Gasteiger partial charge is 0.248 e. The standard InChI is InChI=1S/C65H110N8O24/c1-6-40(2)35-41(3)13-11-9-7-8-10-12-14-52(81)67-46-37-50(79)63(97-34-33-96-32-31-95-30-29-94-28-27-93-26-25-92-24-23-91-22-21-90-5)71-62(87)56-48(77)19-20-72(56)65(89)54(49(78)38-51(66)80)69-61(86)55(58(83)57(82)43-15-17-44(75)18-16-43)70-60(85)47-36-45(76)39-73(47)64(88)53(42(4)74)68-59(46)84/h15-18,40-42,45-50,53-58,63,74-79,82-83H,6-14,19-39H2,1-5H3,(H2,66,80)(H,67,81)(H,68,84)(H,69,86)(H,70,85)(H,71,87)/t40?,41?,42-,45-,46+,47?,48+,49-,50-,53?,54?,55?,56?,57+,58+,63-/m1/s1. The van der Waals surface area contributed by atoms with Gasteiger partial charge in [0.2, 0.25) is 47.3 Å². The van der Waals surface area contributed by atoms with E-state index in [1.54, 1.807) is 7.11 Å². The summed E-state index contributed by atoms with van der Waals surface area (Å²) in [6.45, 7) is 10.0. The van der Waals surface area contributed by atoms with E-state index in [1.165, 1.54) is 18.6 Å². The molecule has 8 amide bonds. The molecule has 1 aromatic carbocycles. The first-order valence-electron chi connectivity index (χ1n) is 33.9. The van der Waals surface area contributed by atoms with Crippen molar-refractivity contribution in [2.24, 2.45) is 17.6 Å². The molecule has 7 unspecified atom stereocenters. The Bertz CT molecular complexity index is 2510. The first-order valence-corrected chi connectivity index (χ1v) is 33.9. The molecule has 554 valence electrons. The topological polar surface area (TPSA) is 465 Å². The highest BCUT2D eigenvalue weighted by atomic mass is 16.6. The Balaban J connectivity index is 1.63. The van der Waals surface area contributed by atoms with Gasteiger partial charge in [0.1, 0.15) is 60.3 Å². The molecule has 3 aliphatic heterocycles.